The normalized spacial score (nSPS) is 9.40. The van der Waals surface area contributed by atoms with Gasteiger partial charge in [-0.2, -0.15) is 0 Å². The standard InChI is InChI=1S/C6H9N3O/c1-4-5(7-2)8-3-9-6(4)10/h3H,1-2H3,(H2,7,8,9,10). The third-order valence-electron chi connectivity index (χ3n) is 1.32. The Hall–Kier alpha value is -1.32. The van der Waals surface area contributed by atoms with E-state index in [1.165, 1.54) is 6.33 Å². The number of aromatic nitrogens is 2. The van der Waals surface area contributed by atoms with Crippen molar-refractivity contribution in [2.24, 2.45) is 0 Å². The summed E-state index contributed by atoms with van der Waals surface area (Å²) < 4.78 is 0. The molecule has 0 atom stereocenters. The van der Waals surface area contributed by atoms with E-state index in [-0.39, 0.29) is 5.56 Å². The molecule has 1 aromatic heterocycles. The number of hydrogen-bond donors (Lipinski definition) is 2. The molecule has 4 heteroatoms. The lowest BCUT2D eigenvalue weighted by atomic mass is 10.3. The van der Waals surface area contributed by atoms with Gasteiger partial charge in [-0.15, -0.1) is 0 Å². The van der Waals surface area contributed by atoms with Crippen LogP contribution in [0, 0.1) is 6.92 Å². The molecule has 0 fully saturated rings. The lowest BCUT2D eigenvalue weighted by Gasteiger charge is -1.99. The highest BCUT2D eigenvalue weighted by molar-refractivity contribution is 5.39. The van der Waals surface area contributed by atoms with E-state index in [0.717, 1.165) is 0 Å². The molecule has 4 nitrogen and oxygen atoms in total. The zero-order chi connectivity index (χ0) is 7.56. The molecule has 1 heterocycles. The van der Waals surface area contributed by atoms with Crippen molar-refractivity contribution in [3.63, 3.8) is 0 Å². The minimum Gasteiger partial charge on any atom is -0.373 e. The van der Waals surface area contributed by atoms with Gasteiger partial charge in [0.15, 0.2) is 0 Å². The maximum absolute atomic E-state index is 10.9. The summed E-state index contributed by atoms with van der Waals surface area (Å²) in [5.74, 6) is 0.628. The van der Waals surface area contributed by atoms with Crippen LogP contribution in [0.2, 0.25) is 0 Å². The molecule has 0 bridgehead atoms. The Morgan fingerprint density at radius 3 is 2.90 bits per heavy atom. The molecule has 0 amide bonds. The van der Waals surface area contributed by atoms with E-state index in [1.54, 1.807) is 14.0 Å². The summed E-state index contributed by atoms with van der Waals surface area (Å²) in [5, 5.41) is 2.80. The number of hydrogen-bond acceptors (Lipinski definition) is 3. The summed E-state index contributed by atoms with van der Waals surface area (Å²) in [6.07, 6.45) is 1.38. The molecule has 0 aliphatic rings. The maximum Gasteiger partial charge on any atom is 0.255 e. The molecule has 0 saturated carbocycles. The van der Waals surface area contributed by atoms with Gasteiger partial charge in [-0.3, -0.25) is 4.79 Å². The van der Waals surface area contributed by atoms with Crippen molar-refractivity contribution in [3.8, 4) is 0 Å². The van der Waals surface area contributed by atoms with Crippen LogP contribution in [0.15, 0.2) is 11.1 Å². The van der Waals surface area contributed by atoms with Crippen molar-refractivity contribution in [2.75, 3.05) is 12.4 Å². The monoisotopic (exact) mass is 139 g/mol. The van der Waals surface area contributed by atoms with Crippen molar-refractivity contribution in [3.05, 3.63) is 22.2 Å². The molecule has 1 rings (SSSR count). The third-order valence-corrected chi connectivity index (χ3v) is 1.32. The first-order chi connectivity index (χ1) is 4.75. The van der Waals surface area contributed by atoms with Gasteiger partial charge >= 0.3 is 0 Å². The van der Waals surface area contributed by atoms with Gasteiger partial charge in [-0.25, -0.2) is 4.98 Å². The minimum atomic E-state index is -0.0978. The van der Waals surface area contributed by atoms with Crippen LogP contribution in [0.25, 0.3) is 0 Å². The number of anilines is 1. The smallest absolute Gasteiger partial charge is 0.255 e. The Balaban J connectivity index is 3.28. The second-order valence-corrected chi connectivity index (χ2v) is 1.96. The lowest BCUT2D eigenvalue weighted by Crippen LogP contribution is -2.12. The molecular formula is C6H9N3O. The topological polar surface area (TPSA) is 57.8 Å². The average Bonchev–Trinajstić information content (AvgIpc) is 1.95. The van der Waals surface area contributed by atoms with Gasteiger partial charge in [0.1, 0.15) is 5.82 Å². The molecule has 0 aromatic carbocycles. The van der Waals surface area contributed by atoms with E-state index in [4.69, 9.17) is 0 Å². The fourth-order valence-corrected chi connectivity index (χ4v) is 0.720. The quantitative estimate of drug-likeness (QED) is 0.581. The van der Waals surface area contributed by atoms with Crippen LogP contribution >= 0.6 is 0 Å². The number of H-pyrrole nitrogens is 1. The van der Waals surface area contributed by atoms with Crippen molar-refractivity contribution < 1.29 is 0 Å². The first kappa shape index (κ1) is 6.80. The average molecular weight is 139 g/mol. The highest BCUT2D eigenvalue weighted by Crippen LogP contribution is 2.00. The van der Waals surface area contributed by atoms with Crippen molar-refractivity contribution in [2.45, 2.75) is 6.92 Å². The molecule has 0 radical (unpaired) electrons. The van der Waals surface area contributed by atoms with Gasteiger partial charge in [-0.05, 0) is 6.92 Å². The fourth-order valence-electron chi connectivity index (χ4n) is 0.720. The molecule has 0 unspecified atom stereocenters. The van der Waals surface area contributed by atoms with Gasteiger partial charge in [0, 0.05) is 7.05 Å². The van der Waals surface area contributed by atoms with Crippen LogP contribution in [0.1, 0.15) is 5.56 Å². The highest BCUT2D eigenvalue weighted by atomic mass is 16.1. The Morgan fingerprint density at radius 2 is 2.40 bits per heavy atom. The summed E-state index contributed by atoms with van der Waals surface area (Å²) in [6.45, 7) is 1.72. The fraction of sp³-hybridized carbons (Fsp3) is 0.333. The Morgan fingerprint density at radius 1 is 1.70 bits per heavy atom. The molecule has 0 spiro atoms. The molecule has 1 aromatic rings. The van der Waals surface area contributed by atoms with Crippen molar-refractivity contribution >= 4 is 5.82 Å². The molecule has 10 heavy (non-hydrogen) atoms. The van der Waals surface area contributed by atoms with Crippen molar-refractivity contribution in [1.29, 1.82) is 0 Å². The number of nitrogens with one attached hydrogen (secondary N) is 2. The van der Waals surface area contributed by atoms with Crippen LogP contribution in [0.3, 0.4) is 0 Å². The molecule has 0 saturated heterocycles. The Labute approximate surface area is 58.3 Å². The lowest BCUT2D eigenvalue weighted by molar-refractivity contribution is 1.07. The number of aromatic amines is 1. The second-order valence-electron chi connectivity index (χ2n) is 1.96. The van der Waals surface area contributed by atoms with E-state index in [0.29, 0.717) is 11.4 Å². The van der Waals surface area contributed by atoms with Crippen molar-refractivity contribution in [1.82, 2.24) is 9.97 Å². The minimum absolute atomic E-state index is 0.0978. The predicted octanol–water partition coefficient (Wildman–Crippen LogP) is 0.120. The Bertz CT molecular complexity index is 279. The SMILES string of the molecule is CNc1nc[nH]c(=O)c1C. The summed E-state index contributed by atoms with van der Waals surface area (Å²) in [4.78, 5) is 17.2. The number of nitrogens with zero attached hydrogens (tertiary/aromatic N) is 1. The first-order valence-electron chi connectivity index (χ1n) is 2.97. The van der Waals surface area contributed by atoms with Crippen LogP contribution in [-0.4, -0.2) is 17.0 Å². The van der Waals surface area contributed by atoms with Gasteiger partial charge < -0.3 is 10.3 Å². The van der Waals surface area contributed by atoms with Gasteiger partial charge in [0.25, 0.3) is 5.56 Å². The second kappa shape index (κ2) is 2.51. The van der Waals surface area contributed by atoms with Gasteiger partial charge in [0.05, 0.1) is 11.9 Å². The van der Waals surface area contributed by atoms with Gasteiger partial charge in [0.2, 0.25) is 0 Å². The van der Waals surface area contributed by atoms with E-state index in [1.807, 2.05) is 0 Å². The van der Waals surface area contributed by atoms with E-state index >= 15 is 0 Å². The summed E-state index contributed by atoms with van der Waals surface area (Å²) in [6, 6.07) is 0. The zero-order valence-corrected chi connectivity index (χ0v) is 5.93. The Kier molecular flexibility index (Phi) is 1.71. The van der Waals surface area contributed by atoms with E-state index in [9.17, 15) is 4.79 Å². The van der Waals surface area contributed by atoms with Crippen LogP contribution in [-0.2, 0) is 0 Å². The van der Waals surface area contributed by atoms with Crippen LogP contribution in [0.5, 0.6) is 0 Å². The largest absolute Gasteiger partial charge is 0.373 e. The molecule has 2 N–H and O–H groups in total. The predicted molar refractivity (Wildman–Crippen MR) is 39.1 cm³/mol. The summed E-state index contributed by atoms with van der Waals surface area (Å²) >= 11 is 0. The number of rotatable bonds is 1. The molecule has 0 aliphatic heterocycles. The van der Waals surface area contributed by atoms with Gasteiger partial charge in [-0.1, -0.05) is 0 Å². The third kappa shape index (κ3) is 1.00. The molecule has 0 aliphatic carbocycles. The zero-order valence-electron chi connectivity index (χ0n) is 5.93. The first-order valence-corrected chi connectivity index (χ1v) is 2.97. The summed E-state index contributed by atoms with van der Waals surface area (Å²) in [7, 11) is 1.73. The highest BCUT2D eigenvalue weighted by Gasteiger charge is 1.98. The molecular weight excluding hydrogens is 130 g/mol. The van der Waals surface area contributed by atoms with Crippen LogP contribution in [0.4, 0.5) is 5.82 Å². The molecule has 54 valence electrons. The van der Waals surface area contributed by atoms with E-state index < -0.39 is 0 Å². The van der Waals surface area contributed by atoms with Crippen LogP contribution < -0.4 is 10.9 Å². The maximum atomic E-state index is 10.9. The van der Waals surface area contributed by atoms with E-state index in [2.05, 4.69) is 15.3 Å². The summed E-state index contributed by atoms with van der Waals surface area (Å²) in [5.41, 5.74) is 0.518.